The smallest absolute Gasteiger partial charge is 0.337 e. The first-order valence-corrected chi connectivity index (χ1v) is 9.81. The van der Waals surface area contributed by atoms with Gasteiger partial charge in [0, 0.05) is 36.8 Å². The zero-order valence-corrected chi connectivity index (χ0v) is 18.2. The standard InChI is InChI=1S/C23H23N3O6/c1-14-19(22(27)31-4)21(16-8-7-10-18(12-16)26(29)30)20(15(2)25(14)3)23(28)32-13-17-9-5-6-11-24-17/h5-12,21H,13H2,1-4H3. The number of benzene rings is 1. The molecule has 1 aromatic heterocycles. The molecule has 0 saturated heterocycles. The van der Waals surface area contributed by atoms with Crippen molar-refractivity contribution < 1.29 is 24.0 Å². The second-order valence-corrected chi connectivity index (χ2v) is 7.23. The molecule has 1 unspecified atom stereocenters. The van der Waals surface area contributed by atoms with Crippen molar-refractivity contribution in [2.24, 2.45) is 0 Å². The topological polar surface area (TPSA) is 112 Å². The van der Waals surface area contributed by atoms with Gasteiger partial charge in [-0.3, -0.25) is 15.1 Å². The number of nitro groups is 1. The summed E-state index contributed by atoms with van der Waals surface area (Å²) in [6.07, 6.45) is 1.59. The molecule has 0 saturated carbocycles. The third-order valence-electron chi connectivity index (χ3n) is 5.48. The Morgan fingerprint density at radius 2 is 1.78 bits per heavy atom. The van der Waals surface area contributed by atoms with Gasteiger partial charge in [0.25, 0.3) is 5.69 Å². The number of rotatable bonds is 6. The van der Waals surface area contributed by atoms with Crippen LogP contribution in [0.3, 0.4) is 0 Å². The normalized spacial score (nSPS) is 16.1. The molecule has 0 spiro atoms. The van der Waals surface area contributed by atoms with Crippen LogP contribution in [0, 0.1) is 10.1 Å². The van der Waals surface area contributed by atoms with Crippen molar-refractivity contribution in [2.45, 2.75) is 26.4 Å². The SMILES string of the molecule is COC(=O)C1=C(C)N(C)C(C)=C(C(=O)OCc2ccccn2)C1c1cccc([N+](=O)[O-])c1. The number of hydrogen-bond acceptors (Lipinski definition) is 8. The summed E-state index contributed by atoms with van der Waals surface area (Å²) in [5, 5.41) is 11.3. The van der Waals surface area contributed by atoms with E-state index >= 15 is 0 Å². The van der Waals surface area contributed by atoms with Gasteiger partial charge in [0.05, 0.1) is 34.8 Å². The average Bonchev–Trinajstić information content (AvgIpc) is 2.81. The Bertz CT molecular complexity index is 1120. The molecular weight excluding hydrogens is 414 g/mol. The van der Waals surface area contributed by atoms with Gasteiger partial charge >= 0.3 is 11.9 Å². The molecule has 0 N–H and O–H groups in total. The Morgan fingerprint density at radius 3 is 2.38 bits per heavy atom. The molecule has 1 aliphatic heterocycles. The second-order valence-electron chi connectivity index (χ2n) is 7.23. The Morgan fingerprint density at radius 1 is 1.09 bits per heavy atom. The van der Waals surface area contributed by atoms with Gasteiger partial charge in [0.15, 0.2) is 0 Å². The number of methoxy groups -OCH3 is 1. The third kappa shape index (κ3) is 4.36. The first kappa shape index (κ1) is 22.7. The largest absolute Gasteiger partial charge is 0.466 e. The molecule has 0 amide bonds. The first-order chi connectivity index (χ1) is 15.3. The van der Waals surface area contributed by atoms with E-state index in [4.69, 9.17) is 9.47 Å². The molecule has 0 radical (unpaired) electrons. The predicted octanol–water partition coefficient (Wildman–Crippen LogP) is 3.48. The van der Waals surface area contributed by atoms with E-state index in [1.165, 1.54) is 25.3 Å². The molecule has 2 aromatic rings. The van der Waals surface area contributed by atoms with Gasteiger partial charge in [-0.2, -0.15) is 0 Å². The molecule has 3 rings (SSSR count). The monoisotopic (exact) mass is 437 g/mol. The number of nitro benzene ring substituents is 1. The predicted molar refractivity (Wildman–Crippen MR) is 115 cm³/mol. The van der Waals surface area contributed by atoms with Crippen molar-refractivity contribution in [3.8, 4) is 0 Å². The zero-order valence-electron chi connectivity index (χ0n) is 18.2. The second kappa shape index (κ2) is 9.42. The van der Waals surface area contributed by atoms with Gasteiger partial charge in [0.1, 0.15) is 6.61 Å². The van der Waals surface area contributed by atoms with E-state index in [9.17, 15) is 19.7 Å². The van der Waals surface area contributed by atoms with Crippen LogP contribution >= 0.6 is 0 Å². The van der Waals surface area contributed by atoms with E-state index in [2.05, 4.69) is 4.98 Å². The quantitative estimate of drug-likeness (QED) is 0.384. The lowest BCUT2D eigenvalue weighted by molar-refractivity contribution is -0.384. The number of carbonyl (C=O) groups is 2. The highest BCUT2D eigenvalue weighted by atomic mass is 16.6. The number of nitrogens with zero attached hydrogens (tertiary/aromatic N) is 3. The maximum absolute atomic E-state index is 13.2. The Labute approximate surface area is 185 Å². The summed E-state index contributed by atoms with van der Waals surface area (Å²) in [4.78, 5) is 42.7. The van der Waals surface area contributed by atoms with Crippen LogP contribution in [0.4, 0.5) is 5.69 Å². The molecule has 9 heteroatoms. The molecule has 1 aromatic carbocycles. The Balaban J connectivity index is 2.10. The molecule has 0 fully saturated rings. The molecule has 1 atom stereocenters. The van der Waals surface area contributed by atoms with Crippen LogP contribution in [0.5, 0.6) is 0 Å². The van der Waals surface area contributed by atoms with Crippen LogP contribution in [0.25, 0.3) is 0 Å². The maximum atomic E-state index is 13.2. The fraction of sp³-hybridized carbons (Fsp3) is 0.261. The van der Waals surface area contributed by atoms with E-state index in [-0.39, 0.29) is 23.4 Å². The van der Waals surface area contributed by atoms with Crippen molar-refractivity contribution in [1.29, 1.82) is 0 Å². The number of aromatic nitrogens is 1. The number of ether oxygens (including phenoxy) is 2. The fourth-order valence-electron chi connectivity index (χ4n) is 3.67. The molecule has 32 heavy (non-hydrogen) atoms. The van der Waals surface area contributed by atoms with Crippen LogP contribution in [0.15, 0.2) is 71.2 Å². The summed E-state index contributed by atoms with van der Waals surface area (Å²) in [7, 11) is 2.97. The Hall–Kier alpha value is -4.01. The first-order valence-electron chi connectivity index (χ1n) is 9.81. The lowest BCUT2D eigenvalue weighted by Gasteiger charge is -2.35. The minimum Gasteiger partial charge on any atom is -0.466 e. The number of esters is 2. The third-order valence-corrected chi connectivity index (χ3v) is 5.48. The van der Waals surface area contributed by atoms with Crippen molar-refractivity contribution in [2.75, 3.05) is 14.2 Å². The molecule has 166 valence electrons. The highest BCUT2D eigenvalue weighted by Gasteiger charge is 2.40. The van der Waals surface area contributed by atoms with Crippen LogP contribution in [-0.2, 0) is 25.7 Å². The van der Waals surface area contributed by atoms with E-state index in [1.807, 2.05) is 0 Å². The molecule has 9 nitrogen and oxygen atoms in total. The molecule has 0 aliphatic carbocycles. The fourth-order valence-corrected chi connectivity index (χ4v) is 3.67. The van der Waals surface area contributed by atoms with Gasteiger partial charge in [0.2, 0.25) is 0 Å². The van der Waals surface area contributed by atoms with E-state index in [0.717, 1.165) is 0 Å². The molecular formula is C23H23N3O6. The number of non-ortho nitro benzene ring substituents is 1. The minimum atomic E-state index is -0.894. The van der Waals surface area contributed by atoms with Crippen LogP contribution < -0.4 is 0 Å². The molecule has 2 heterocycles. The highest BCUT2D eigenvalue weighted by molar-refractivity contribution is 5.99. The summed E-state index contributed by atoms with van der Waals surface area (Å²) in [6, 6.07) is 11.1. The number of hydrogen-bond donors (Lipinski definition) is 0. The summed E-state index contributed by atoms with van der Waals surface area (Å²) in [5.74, 6) is -2.17. The van der Waals surface area contributed by atoms with Gasteiger partial charge in [-0.1, -0.05) is 18.2 Å². The van der Waals surface area contributed by atoms with Gasteiger partial charge in [-0.25, -0.2) is 9.59 Å². The lowest BCUT2D eigenvalue weighted by atomic mass is 9.79. The highest BCUT2D eigenvalue weighted by Crippen LogP contribution is 2.42. The number of allylic oxidation sites excluding steroid dienone is 2. The van der Waals surface area contributed by atoms with Gasteiger partial charge in [-0.15, -0.1) is 0 Å². The van der Waals surface area contributed by atoms with E-state index in [0.29, 0.717) is 22.7 Å². The zero-order chi connectivity index (χ0) is 23.4. The van der Waals surface area contributed by atoms with Crippen molar-refractivity contribution in [3.63, 3.8) is 0 Å². The van der Waals surface area contributed by atoms with Crippen molar-refractivity contribution >= 4 is 17.6 Å². The number of carbonyl (C=O) groups excluding carboxylic acids is 2. The lowest BCUT2D eigenvalue weighted by Crippen LogP contribution is -2.33. The van der Waals surface area contributed by atoms with E-state index in [1.54, 1.807) is 56.3 Å². The average molecular weight is 437 g/mol. The summed E-state index contributed by atoms with van der Waals surface area (Å²) in [5.41, 5.74) is 2.39. The maximum Gasteiger partial charge on any atom is 0.337 e. The summed E-state index contributed by atoms with van der Waals surface area (Å²) >= 11 is 0. The Kier molecular flexibility index (Phi) is 6.67. The van der Waals surface area contributed by atoms with Gasteiger partial charge in [-0.05, 0) is 31.5 Å². The molecule has 1 aliphatic rings. The van der Waals surface area contributed by atoms with Crippen molar-refractivity contribution in [3.05, 3.63) is 92.6 Å². The van der Waals surface area contributed by atoms with Crippen LogP contribution in [0.1, 0.15) is 31.0 Å². The van der Waals surface area contributed by atoms with Gasteiger partial charge < -0.3 is 14.4 Å². The van der Waals surface area contributed by atoms with Crippen molar-refractivity contribution in [1.82, 2.24) is 9.88 Å². The van der Waals surface area contributed by atoms with Crippen LogP contribution in [-0.4, -0.2) is 40.9 Å². The minimum absolute atomic E-state index is 0.0575. The summed E-state index contributed by atoms with van der Waals surface area (Å²) in [6.45, 7) is 3.41. The van der Waals surface area contributed by atoms with E-state index < -0.39 is 22.8 Å². The van der Waals surface area contributed by atoms with Crippen LogP contribution in [0.2, 0.25) is 0 Å². The number of pyridine rings is 1. The summed E-state index contributed by atoms with van der Waals surface area (Å²) < 4.78 is 10.5. The molecule has 0 bridgehead atoms.